The van der Waals surface area contributed by atoms with Crippen LogP contribution in [0.4, 0.5) is 5.69 Å². The van der Waals surface area contributed by atoms with E-state index in [2.05, 4.69) is 25.2 Å². The predicted octanol–water partition coefficient (Wildman–Crippen LogP) is 2.69. The molecule has 0 bridgehead atoms. The van der Waals surface area contributed by atoms with Crippen molar-refractivity contribution in [1.29, 1.82) is 0 Å². The number of hydrogen-bond donors (Lipinski definition) is 2. The van der Waals surface area contributed by atoms with Crippen LogP contribution in [0.1, 0.15) is 25.8 Å². The van der Waals surface area contributed by atoms with Crippen molar-refractivity contribution in [3.8, 4) is 5.75 Å². The number of aliphatic hydroxyl groups is 1. The Labute approximate surface area is 104 Å². The topological polar surface area (TPSA) is 41.5 Å². The van der Waals surface area contributed by atoms with E-state index in [1.807, 2.05) is 12.1 Å². The number of anilines is 1. The van der Waals surface area contributed by atoms with Crippen molar-refractivity contribution in [2.24, 2.45) is 5.92 Å². The molecule has 0 saturated heterocycles. The second-order valence-corrected chi connectivity index (χ2v) is 4.22. The van der Waals surface area contributed by atoms with Crippen LogP contribution < -0.4 is 10.1 Å². The van der Waals surface area contributed by atoms with Crippen LogP contribution in [0.25, 0.3) is 0 Å². The summed E-state index contributed by atoms with van der Waals surface area (Å²) in [5.41, 5.74) is 2.30. The molecule has 3 heteroatoms. The summed E-state index contributed by atoms with van der Waals surface area (Å²) in [5.74, 6) is 1.26. The lowest BCUT2D eigenvalue weighted by molar-refractivity contribution is 0.230. The molecular weight excluding hydrogens is 214 g/mol. The van der Waals surface area contributed by atoms with Crippen LogP contribution >= 0.6 is 0 Å². The standard InChI is InChI=1S/C14H23NO2/c1-4-11(10-16)9-15-13-6-7-14(17-3)12(5-2)8-13/h6-8,11,15-16H,4-5,9-10H2,1-3H3. The Morgan fingerprint density at radius 1 is 1.35 bits per heavy atom. The number of benzene rings is 1. The highest BCUT2D eigenvalue weighted by Crippen LogP contribution is 2.23. The molecule has 0 aromatic heterocycles. The number of rotatable bonds is 7. The smallest absolute Gasteiger partial charge is 0.122 e. The van der Waals surface area contributed by atoms with Gasteiger partial charge in [-0.25, -0.2) is 0 Å². The van der Waals surface area contributed by atoms with Crippen LogP contribution in [-0.2, 0) is 6.42 Å². The van der Waals surface area contributed by atoms with Crippen LogP contribution in [0, 0.1) is 5.92 Å². The maximum Gasteiger partial charge on any atom is 0.122 e. The van der Waals surface area contributed by atoms with Gasteiger partial charge in [-0.3, -0.25) is 0 Å². The van der Waals surface area contributed by atoms with Gasteiger partial charge in [0.2, 0.25) is 0 Å². The molecule has 1 aromatic rings. The minimum atomic E-state index is 0.236. The zero-order valence-corrected chi connectivity index (χ0v) is 11.0. The average molecular weight is 237 g/mol. The quantitative estimate of drug-likeness (QED) is 0.766. The van der Waals surface area contributed by atoms with E-state index in [9.17, 15) is 0 Å². The molecule has 0 heterocycles. The first-order chi connectivity index (χ1) is 8.24. The number of methoxy groups -OCH3 is 1. The summed E-state index contributed by atoms with van der Waals surface area (Å²) in [6, 6.07) is 6.12. The minimum absolute atomic E-state index is 0.236. The first-order valence-corrected chi connectivity index (χ1v) is 6.26. The van der Waals surface area contributed by atoms with Gasteiger partial charge in [-0.2, -0.15) is 0 Å². The molecule has 0 radical (unpaired) electrons. The number of nitrogens with one attached hydrogen (secondary N) is 1. The van der Waals surface area contributed by atoms with Gasteiger partial charge in [0, 0.05) is 18.8 Å². The third-order valence-electron chi connectivity index (χ3n) is 3.09. The number of ether oxygens (including phenoxy) is 1. The van der Waals surface area contributed by atoms with Gasteiger partial charge in [-0.15, -0.1) is 0 Å². The van der Waals surface area contributed by atoms with Crippen LogP contribution in [-0.4, -0.2) is 25.4 Å². The SMILES string of the molecule is CCc1cc(NCC(CC)CO)ccc1OC. The van der Waals surface area contributed by atoms with Crippen molar-refractivity contribution in [2.75, 3.05) is 25.6 Å². The highest BCUT2D eigenvalue weighted by atomic mass is 16.5. The molecule has 96 valence electrons. The Bertz CT molecular complexity index is 335. The molecule has 1 rings (SSSR count). The lowest BCUT2D eigenvalue weighted by Crippen LogP contribution is -2.17. The molecule has 0 spiro atoms. The van der Waals surface area contributed by atoms with Crippen molar-refractivity contribution in [1.82, 2.24) is 0 Å². The zero-order valence-electron chi connectivity index (χ0n) is 11.0. The van der Waals surface area contributed by atoms with E-state index >= 15 is 0 Å². The maximum atomic E-state index is 9.13. The summed E-state index contributed by atoms with van der Waals surface area (Å²) >= 11 is 0. The molecule has 1 unspecified atom stereocenters. The Balaban J connectivity index is 2.66. The highest BCUT2D eigenvalue weighted by molar-refractivity contribution is 5.51. The molecule has 1 atom stereocenters. The first-order valence-electron chi connectivity index (χ1n) is 6.26. The Morgan fingerprint density at radius 2 is 2.12 bits per heavy atom. The van der Waals surface area contributed by atoms with E-state index in [1.165, 1.54) is 5.56 Å². The summed E-state index contributed by atoms with van der Waals surface area (Å²) in [6.45, 7) is 5.25. The van der Waals surface area contributed by atoms with Gasteiger partial charge in [0.1, 0.15) is 5.75 Å². The molecule has 1 aromatic carbocycles. The zero-order chi connectivity index (χ0) is 12.7. The summed E-state index contributed by atoms with van der Waals surface area (Å²) in [6.07, 6.45) is 1.94. The summed E-state index contributed by atoms with van der Waals surface area (Å²) in [7, 11) is 1.69. The number of hydrogen-bond acceptors (Lipinski definition) is 3. The van der Waals surface area contributed by atoms with Crippen LogP contribution in [0.5, 0.6) is 5.75 Å². The minimum Gasteiger partial charge on any atom is -0.496 e. The van der Waals surface area contributed by atoms with Crippen LogP contribution in [0.15, 0.2) is 18.2 Å². The van der Waals surface area contributed by atoms with Gasteiger partial charge in [0.15, 0.2) is 0 Å². The van der Waals surface area contributed by atoms with E-state index in [-0.39, 0.29) is 6.61 Å². The first kappa shape index (κ1) is 13.8. The van der Waals surface area contributed by atoms with Gasteiger partial charge in [-0.05, 0) is 42.5 Å². The second-order valence-electron chi connectivity index (χ2n) is 4.22. The average Bonchev–Trinajstić information content (AvgIpc) is 2.39. The van der Waals surface area contributed by atoms with Crippen molar-refractivity contribution < 1.29 is 9.84 Å². The molecular formula is C14H23NO2. The molecule has 2 N–H and O–H groups in total. The molecule has 0 fully saturated rings. The Hall–Kier alpha value is -1.22. The second kappa shape index (κ2) is 7.17. The monoisotopic (exact) mass is 237 g/mol. The van der Waals surface area contributed by atoms with Crippen molar-refractivity contribution in [3.05, 3.63) is 23.8 Å². The van der Waals surface area contributed by atoms with E-state index in [4.69, 9.17) is 9.84 Å². The van der Waals surface area contributed by atoms with Crippen molar-refractivity contribution >= 4 is 5.69 Å². The number of aliphatic hydroxyl groups excluding tert-OH is 1. The fourth-order valence-electron chi connectivity index (χ4n) is 1.77. The third kappa shape index (κ3) is 3.93. The summed E-state index contributed by atoms with van der Waals surface area (Å²) in [5, 5.41) is 12.5. The fourth-order valence-corrected chi connectivity index (χ4v) is 1.77. The molecule has 0 saturated carbocycles. The molecule has 0 aliphatic carbocycles. The molecule has 17 heavy (non-hydrogen) atoms. The van der Waals surface area contributed by atoms with Crippen LogP contribution in [0.2, 0.25) is 0 Å². The van der Waals surface area contributed by atoms with Gasteiger partial charge in [0.05, 0.1) is 7.11 Å². The Kier molecular flexibility index (Phi) is 5.84. The van der Waals surface area contributed by atoms with E-state index in [0.29, 0.717) is 5.92 Å². The fraction of sp³-hybridized carbons (Fsp3) is 0.571. The van der Waals surface area contributed by atoms with Crippen molar-refractivity contribution in [3.63, 3.8) is 0 Å². The predicted molar refractivity (Wildman–Crippen MR) is 71.7 cm³/mol. The van der Waals surface area contributed by atoms with Crippen LogP contribution in [0.3, 0.4) is 0 Å². The molecule has 3 nitrogen and oxygen atoms in total. The molecule has 0 amide bonds. The molecule has 0 aliphatic heterocycles. The Morgan fingerprint density at radius 3 is 2.65 bits per heavy atom. The lowest BCUT2D eigenvalue weighted by Gasteiger charge is -2.15. The normalized spacial score (nSPS) is 12.2. The number of aryl methyl sites for hydroxylation is 1. The van der Waals surface area contributed by atoms with E-state index < -0.39 is 0 Å². The summed E-state index contributed by atoms with van der Waals surface area (Å²) in [4.78, 5) is 0. The van der Waals surface area contributed by atoms with Gasteiger partial charge in [0.25, 0.3) is 0 Å². The van der Waals surface area contributed by atoms with Crippen molar-refractivity contribution in [2.45, 2.75) is 26.7 Å². The summed E-state index contributed by atoms with van der Waals surface area (Å²) < 4.78 is 5.29. The molecule has 0 aliphatic rings. The van der Waals surface area contributed by atoms with Gasteiger partial charge < -0.3 is 15.2 Å². The lowest BCUT2D eigenvalue weighted by atomic mass is 10.1. The van der Waals surface area contributed by atoms with Gasteiger partial charge >= 0.3 is 0 Å². The largest absolute Gasteiger partial charge is 0.496 e. The third-order valence-corrected chi connectivity index (χ3v) is 3.09. The highest BCUT2D eigenvalue weighted by Gasteiger charge is 2.06. The maximum absolute atomic E-state index is 9.13. The van der Waals surface area contributed by atoms with E-state index in [1.54, 1.807) is 7.11 Å². The van der Waals surface area contributed by atoms with E-state index in [0.717, 1.165) is 30.8 Å². The van der Waals surface area contributed by atoms with Gasteiger partial charge in [-0.1, -0.05) is 13.8 Å².